The number of nitrogens with zero attached hydrogens (tertiary/aromatic N) is 2. The highest BCUT2D eigenvalue weighted by Crippen LogP contribution is 2.43. The number of anilines is 2. The lowest BCUT2D eigenvalue weighted by Crippen LogP contribution is -2.14. The van der Waals surface area contributed by atoms with Gasteiger partial charge in [-0.15, -0.1) is 0 Å². The summed E-state index contributed by atoms with van der Waals surface area (Å²) in [5.41, 5.74) is 10.9. The topological polar surface area (TPSA) is 63.8 Å². The highest BCUT2D eigenvalue weighted by molar-refractivity contribution is 5.93. The van der Waals surface area contributed by atoms with E-state index in [1.54, 1.807) is 6.07 Å². The van der Waals surface area contributed by atoms with Gasteiger partial charge in [-0.1, -0.05) is 19.8 Å². The minimum absolute atomic E-state index is 0.0961. The van der Waals surface area contributed by atoms with Gasteiger partial charge in [0.15, 0.2) is 0 Å². The molecule has 1 fully saturated rings. The highest BCUT2D eigenvalue weighted by Gasteiger charge is 2.32. The van der Waals surface area contributed by atoms with Crippen molar-refractivity contribution in [2.45, 2.75) is 83.9 Å². The fraction of sp³-hybridized carbons (Fsp3) is 0.500. The number of benzene rings is 2. The van der Waals surface area contributed by atoms with Crippen molar-refractivity contribution >= 4 is 22.4 Å². The fourth-order valence-corrected chi connectivity index (χ4v) is 5.94. The van der Waals surface area contributed by atoms with Crippen LogP contribution in [0.4, 0.5) is 24.7 Å². The van der Waals surface area contributed by atoms with E-state index in [0.717, 1.165) is 48.2 Å². The number of aryl methyl sites for hydroxylation is 2. The van der Waals surface area contributed by atoms with Crippen LogP contribution in [0, 0.1) is 12.8 Å². The second kappa shape index (κ2) is 8.99. The number of rotatable bonds is 4. The third-order valence-corrected chi connectivity index (χ3v) is 7.82. The molecule has 0 radical (unpaired) electrons. The van der Waals surface area contributed by atoms with Crippen molar-refractivity contribution in [1.29, 1.82) is 0 Å². The second-order valence-electron chi connectivity index (χ2n) is 10.5. The molecule has 1 atom stereocenters. The van der Waals surface area contributed by atoms with E-state index in [9.17, 15) is 13.2 Å². The van der Waals surface area contributed by atoms with Gasteiger partial charge in [-0.25, -0.2) is 9.97 Å². The molecule has 0 amide bonds. The maximum Gasteiger partial charge on any atom is 0.416 e. The number of aromatic nitrogens is 2. The van der Waals surface area contributed by atoms with E-state index in [-0.39, 0.29) is 5.69 Å². The maximum absolute atomic E-state index is 13.4. The first kappa shape index (κ1) is 23.9. The van der Waals surface area contributed by atoms with Gasteiger partial charge in [0.05, 0.1) is 17.1 Å². The molecule has 0 unspecified atom stereocenters. The second-order valence-corrected chi connectivity index (χ2v) is 10.5. The molecule has 186 valence electrons. The molecule has 4 nitrogen and oxygen atoms in total. The molecule has 0 saturated heterocycles. The minimum atomic E-state index is -4.45. The Labute approximate surface area is 204 Å². The monoisotopic (exact) mass is 482 g/mol. The molecule has 1 saturated carbocycles. The van der Waals surface area contributed by atoms with Gasteiger partial charge in [-0.3, -0.25) is 0 Å². The fourth-order valence-electron chi connectivity index (χ4n) is 5.94. The maximum atomic E-state index is 13.4. The minimum Gasteiger partial charge on any atom is -0.399 e. The summed E-state index contributed by atoms with van der Waals surface area (Å²) < 4.78 is 40.1. The molecular formula is C28H33F3N4. The van der Waals surface area contributed by atoms with Crippen molar-refractivity contribution in [3.63, 3.8) is 0 Å². The van der Waals surface area contributed by atoms with E-state index in [0.29, 0.717) is 23.1 Å². The van der Waals surface area contributed by atoms with Gasteiger partial charge >= 0.3 is 6.18 Å². The molecular weight excluding hydrogens is 449 g/mol. The van der Waals surface area contributed by atoms with Gasteiger partial charge in [0.25, 0.3) is 0 Å². The third kappa shape index (κ3) is 4.69. The van der Waals surface area contributed by atoms with Crippen molar-refractivity contribution in [3.05, 3.63) is 57.9 Å². The summed E-state index contributed by atoms with van der Waals surface area (Å²) in [5.74, 6) is 2.67. The number of fused-ring (bicyclic) bond motifs is 3. The molecule has 7 heteroatoms. The van der Waals surface area contributed by atoms with Crippen LogP contribution in [0.25, 0.3) is 10.9 Å². The van der Waals surface area contributed by atoms with Gasteiger partial charge in [0.1, 0.15) is 11.6 Å². The van der Waals surface area contributed by atoms with Crippen molar-refractivity contribution in [2.24, 2.45) is 5.92 Å². The van der Waals surface area contributed by atoms with Crippen molar-refractivity contribution in [1.82, 2.24) is 9.97 Å². The van der Waals surface area contributed by atoms with E-state index in [2.05, 4.69) is 18.3 Å². The Morgan fingerprint density at radius 2 is 1.71 bits per heavy atom. The van der Waals surface area contributed by atoms with Crippen LogP contribution < -0.4 is 11.1 Å². The van der Waals surface area contributed by atoms with Crippen molar-refractivity contribution < 1.29 is 13.2 Å². The third-order valence-electron chi connectivity index (χ3n) is 7.82. The van der Waals surface area contributed by atoms with Crippen LogP contribution in [0.2, 0.25) is 0 Å². The van der Waals surface area contributed by atoms with E-state index >= 15 is 0 Å². The molecule has 3 aromatic rings. The Bertz CT molecular complexity index is 1260. The van der Waals surface area contributed by atoms with Gasteiger partial charge in [-0.2, -0.15) is 13.2 Å². The average molecular weight is 483 g/mol. The van der Waals surface area contributed by atoms with Crippen LogP contribution in [0.3, 0.4) is 0 Å². The molecule has 0 aliphatic heterocycles. The molecule has 0 bridgehead atoms. The molecule has 35 heavy (non-hydrogen) atoms. The van der Waals surface area contributed by atoms with E-state index in [1.165, 1.54) is 42.4 Å². The lowest BCUT2D eigenvalue weighted by molar-refractivity contribution is -0.137. The van der Waals surface area contributed by atoms with Gasteiger partial charge < -0.3 is 11.1 Å². The summed E-state index contributed by atoms with van der Waals surface area (Å²) in [4.78, 5) is 9.54. The Balaban J connectivity index is 1.57. The SMILES string of the molecule is Cc1nc(N[C@H](C)c2cc(N)cc(C(F)(F)F)c2)c2cc(C3CCC(C)CC3)c3c(c2n1)CCC3. The van der Waals surface area contributed by atoms with Gasteiger partial charge in [0, 0.05) is 11.1 Å². The van der Waals surface area contributed by atoms with Crippen LogP contribution >= 0.6 is 0 Å². The summed E-state index contributed by atoms with van der Waals surface area (Å²) >= 11 is 0. The molecule has 1 aromatic heterocycles. The number of hydrogen-bond donors (Lipinski definition) is 2. The first-order valence-electron chi connectivity index (χ1n) is 12.7. The molecule has 1 heterocycles. The number of nitrogen functional groups attached to an aromatic ring is 1. The molecule has 0 spiro atoms. The van der Waals surface area contributed by atoms with Crippen molar-refractivity contribution in [2.75, 3.05) is 11.1 Å². The quantitative estimate of drug-likeness (QED) is 0.378. The first-order chi connectivity index (χ1) is 16.6. The molecule has 3 N–H and O–H groups in total. The highest BCUT2D eigenvalue weighted by atomic mass is 19.4. The number of nitrogens with two attached hydrogens (primary N) is 1. The Morgan fingerprint density at radius 1 is 1.00 bits per heavy atom. The predicted molar refractivity (Wildman–Crippen MR) is 135 cm³/mol. The molecule has 2 aromatic carbocycles. The lowest BCUT2D eigenvalue weighted by Gasteiger charge is -2.29. The molecule has 2 aliphatic rings. The predicted octanol–water partition coefficient (Wildman–Crippen LogP) is 7.49. The normalized spacial score (nSPS) is 21.2. The first-order valence-corrected chi connectivity index (χ1v) is 12.7. The average Bonchev–Trinajstić information content (AvgIpc) is 3.29. The van der Waals surface area contributed by atoms with E-state index in [1.807, 2.05) is 13.8 Å². The van der Waals surface area contributed by atoms with E-state index < -0.39 is 17.8 Å². The Morgan fingerprint density at radius 3 is 2.43 bits per heavy atom. The number of hydrogen-bond acceptors (Lipinski definition) is 4. The van der Waals surface area contributed by atoms with E-state index in [4.69, 9.17) is 15.7 Å². The lowest BCUT2D eigenvalue weighted by atomic mass is 9.77. The zero-order chi connectivity index (χ0) is 24.9. The number of alkyl halides is 3. The van der Waals surface area contributed by atoms with Crippen molar-refractivity contribution in [3.8, 4) is 0 Å². The number of nitrogens with one attached hydrogen (secondary N) is 1. The summed E-state index contributed by atoms with van der Waals surface area (Å²) in [5, 5.41) is 4.37. The van der Waals surface area contributed by atoms with Crippen LogP contribution in [-0.2, 0) is 19.0 Å². The smallest absolute Gasteiger partial charge is 0.399 e. The number of halogens is 3. The zero-order valence-electron chi connectivity index (χ0n) is 20.6. The summed E-state index contributed by atoms with van der Waals surface area (Å²) in [7, 11) is 0. The van der Waals surface area contributed by atoms with Gasteiger partial charge in [-0.05, 0) is 104 Å². The largest absolute Gasteiger partial charge is 0.416 e. The van der Waals surface area contributed by atoms with Gasteiger partial charge in [0.2, 0.25) is 0 Å². The Kier molecular flexibility index (Phi) is 6.14. The molecule has 5 rings (SSSR count). The standard InChI is InChI=1S/C28H33F3N4/c1-15-7-9-18(10-8-15)24-14-25-26(23-6-4-5-22(23)24)34-17(3)35-27(25)33-16(2)19-11-20(28(29,30)31)13-21(32)12-19/h11-16,18H,4-10,32H2,1-3H3,(H,33,34,35)/t15?,16-,18?/m1/s1. The van der Waals surface area contributed by atoms with Crippen LogP contribution in [-0.4, -0.2) is 9.97 Å². The zero-order valence-corrected chi connectivity index (χ0v) is 20.6. The summed E-state index contributed by atoms with van der Waals surface area (Å²) in [6.45, 7) is 6.05. The molecule has 2 aliphatic carbocycles. The van der Waals surface area contributed by atoms with Crippen LogP contribution in [0.1, 0.15) is 91.6 Å². The summed E-state index contributed by atoms with van der Waals surface area (Å²) in [6.07, 6.45) is 3.70. The van der Waals surface area contributed by atoms with Crippen LogP contribution in [0.5, 0.6) is 0 Å². The van der Waals surface area contributed by atoms with Crippen LogP contribution in [0.15, 0.2) is 24.3 Å². The Hall–Kier alpha value is -2.83. The summed E-state index contributed by atoms with van der Waals surface area (Å²) in [6, 6.07) is 5.59.